The number of furan rings is 1. The summed E-state index contributed by atoms with van der Waals surface area (Å²) in [7, 11) is 1.78. The fourth-order valence-electron chi connectivity index (χ4n) is 1.31. The molecule has 0 spiro atoms. The zero-order valence-electron chi connectivity index (χ0n) is 9.41. The highest BCUT2D eigenvalue weighted by atomic mass is 16.3. The molecule has 0 aliphatic rings. The van der Waals surface area contributed by atoms with E-state index in [1.807, 2.05) is 12.1 Å². The summed E-state index contributed by atoms with van der Waals surface area (Å²) < 4.78 is 6.70. The van der Waals surface area contributed by atoms with Crippen LogP contribution in [0.2, 0.25) is 0 Å². The molecule has 0 saturated carbocycles. The van der Waals surface area contributed by atoms with E-state index in [0.29, 0.717) is 5.69 Å². The summed E-state index contributed by atoms with van der Waals surface area (Å²) in [6.45, 7) is 0. The van der Waals surface area contributed by atoms with Crippen LogP contribution in [-0.4, -0.2) is 15.6 Å². The molecule has 0 aromatic carbocycles. The minimum atomic E-state index is -0.116. The molecule has 2 heterocycles. The van der Waals surface area contributed by atoms with Crippen LogP contribution in [-0.2, 0) is 7.05 Å². The fourth-order valence-corrected chi connectivity index (χ4v) is 1.31. The molecule has 0 amide bonds. The van der Waals surface area contributed by atoms with Gasteiger partial charge in [0, 0.05) is 13.2 Å². The van der Waals surface area contributed by atoms with Crippen LogP contribution >= 0.6 is 0 Å². The van der Waals surface area contributed by atoms with Crippen LogP contribution in [0.5, 0.6) is 0 Å². The van der Waals surface area contributed by atoms with Crippen molar-refractivity contribution in [2.75, 3.05) is 0 Å². The van der Waals surface area contributed by atoms with Gasteiger partial charge in [0.25, 0.3) is 0 Å². The molecule has 2 aromatic rings. The first-order chi connectivity index (χ1) is 8.25. The number of nitrogens with zero attached hydrogens (tertiary/aromatic N) is 2. The second kappa shape index (κ2) is 5.12. The number of ketones is 1. The Kier molecular flexibility index (Phi) is 3.35. The Balaban J connectivity index is 1.95. The second-order valence-electron chi connectivity index (χ2n) is 3.47. The highest BCUT2D eigenvalue weighted by Crippen LogP contribution is 2.02. The molecule has 0 unspecified atom stereocenters. The summed E-state index contributed by atoms with van der Waals surface area (Å²) in [4.78, 5) is 11.6. The predicted octanol–water partition coefficient (Wildman–Crippen LogP) is 2.47. The van der Waals surface area contributed by atoms with Gasteiger partial charge in [0.05, 0.1) is 6.26 Å². The molecule has 0 bridgehead atoms. The number of hydrogen-bond donors (Lipinski definition) is 0. The van der Waals surface area contributed by atoms with Gasteiger partial charge in [-0.05, 0) is 30.4 Å². The first-order valence-corrected chi connectivity index (χ1v) is 5.18. The van der Waals surface area contributed by atoms with Gasteiger partial charge in [0.15, 0.2) is 0 Å². The van der Waals surface area contributed by atoms with Gasteiger partial charge < -0.3 is 4.42 Å². The molecule has 86 valence electrons. The number of aryl methyl sites for hydroxylation is 1. The minimum absolute atomic E-state index is 0.116. The maximum Gasteiger partial charge on any atom is 0.206 e. The van der Waals surface area contributed by atoms with Crippen molar-refractivity contribution < 1.29 is 9.21 Å². The summed E-state index contributed by atoms with van der Waals surface area (Å²) in [6.07, 6.45) is 10.0. The molecule has 2 rings (SSSR count). The molecule has 4 nitrogen and oxygen atoms in total. The molecule has 0 N–H and O–H groups in total. The van der Waals surface area contributed by atoms with Crippen molar-refractivity contribution in [2.45, 2.75) is 0 Å². The summed E-state index contributed by atoms with van der Waals surface area (Å²) in [5.41, 5.74) is 0.440. The van der Waals surface area contributed by atoms with E-state index in [9.17, 15) is 4.79 Å². The van der Waals surface area contributed by atoms with Crippen LogP contribution in [0.1, 0.15) is 16.2 Å². The maximum absolute atomic E-state index is 11.6. The molecule has 0 radical (unpaired) electrons. The molecule has 0 fully saturated rings. The SMILES string of the molecule is Cn1ccc(C(=O)/C=C/C=C/c2ccco2)n1. The Morgan fingerprint density at radius 2 is 2.29 bits per heavy atom. The third kappa shape index (κ3) is 3.04. The topological polar surface area (TPSA) is 48.0 Å². The van der Waals surface area contributed by atoms with Crippen molar-refractivity contribution >= 4 is 11.9 Å². The normalized spacial score (nSPS) is 11.6. The Hall–Kier alpha value is -2.36. The number of hydrogen-bond acceptors (Lipinski definition) is 3. The van der Waals surface area contributed by atoms with Crippen molar-refractivity contribution in [2.24, 2.45) is 7.05 Å². The number of rotatable bonds is 4. The Bertz CT molecular complexity index is 548. The van der Waals surface area contributed by atoms with Crippen molar-refractivity contribution in [3.63, 3.8) is 0 Å². The van der Waals surface area contributed by atoms with Gasteiger partial charge in [0.1, 0.15) is 11.5 Å². The van der Waals surface area contributed by atoms with Crippen LogP contribution in [0.15, 0.2) is 53.3 Å². The Morgan fingerprint density at radius 3 is 2.94 bits per heavy atom. The largest absolute Gasteiger partial charge is 0.465 e. The second-order valence-corrected chi connectivity index (χ2v) is 3.47. The number of carbonyl (C=O) groups is 1. The molecule has 0 saturated heterocycles. The summed E-state index contributed by atoms with van der Waals surface area (Å²) >= 11 is 0. The van der Waals surface area contributed by atoms with Gasteiger partial charge in [-0.2, -0.15) is 5.10 Å². The average molecular weight is 228 g/mol. The molecule has 4 heteroatoms. The van der Waals surface area contributed by atoms with E-state index < -0.39 is 0 Å². The zero-order chi connectivity index (χ0) is 12.1. The zero-order valence-corrected chi connectivity index (χ0v) is 9.41. The van der Waals surface area contributed by atoms with Gasteiger partial charge in [-0.15, -0.1) is 0 Å². The van der Waals surface area contributed by atoms with Crippen molar-refractivity contribution in [1.82, 2.24) is 9.78 Å². The quantitative estimate of drug-likeness (QED) is 0.459. The molecule has 17 heavy (non-hydrogen) atoms. The molecular formula is C13H12N2O2. The van der Waals surface area contributed by atoms with Gasteiger partial charge in [-0.25, -0.2) is 0 Å². The van der Waals surface area contributed by atoms with Crippen molar-refractivity contribution in [3.05, 3.63) is 60.3 Å². The van der Waals surface area contributed by atoms with E-state index in [1.54, 1.807) is 48.5 Å². The molecular weight excluding hydrogens is 216 g/mol. The molecule has 0 aliphatic carbocycles. The fraction of sp³-hybridized carbons (Fsp3) is 0.0769. The van der Waals surface area contributed by atoms with Gasteiger partial charge in [-0.3, -0.25) is 9.48 Å². The molecule has 2 aromatic heterocycles. The van der Waals surface area contributed by atoms with E-state index in [0.717, 1.165) is 5.76 Å². The average Bonchev–Trinajstić information content (AvgIpc) is 2.95. The van der Waals surface area contributed by atoms with E-state index in [2.05, 4.69) is 5.10 Å². The predicted molar refractivity (Wildman–Crippen MR) is 64.4 cm³/mol. The summed E-state index contributed by atoms with van der Waals surface area (Å²) in [5.74, 6) is 0.634. The number of aromatic nitrogens is 2. The van der Waals surface area contributed by atoms with E-state index >= 15 is 0 Å². The van der Waals surface area contributed by atoms with Crippen molar-refractivity contribution in [3.8, 4) is 0 Å². The summed E-state index contributed by atoms with van der Waals surface area (Å²) in [6, 6.07) is 5.33. The minimum Gasteiger partial charge on any atom is -0.465 e. The van der Waals surface area contributed by atoms with Crippen LogP contribution < -0.4 is 0 Å². The van der Waals surface area contributed by atoms with Gasteiger partial charge >= 0.3 is 0 Å². The van der Waals surface area contributed by atoms with Crippen LogP contribution in [0, 0.1) is 0 Å². The van der Waals surface area contributed by atoms with Crippen LogP contribution in [0.3, 0.4) is 0 Å². The lowest BCUT2D eigenvalue weighted by atomic mass is 10.2. The lowest BCUT2D eigenvalue weighted by Crippen LogP contribution is -1.97. The smallest absolute Gasteiger partial charge is 0.206 e. The number of carbonyl (C=O) groups excluding carboxylic acids is 1. The lowest BCUT2D eigenvalue weighted by Gasteiger charge is -1.86. The van der Waals surface area contributed by atoms with Gasteiger partial charge in [-0.1, -0.05) is 12.2 Å². The number of allylic oxidation sites excluding steroid dienone is 3. The van der Waals surface area contributed by atoms with E-state index in [1.165, 1.54) is 6.08 Å². The van der Waals surface area contributed by atoms with Crippen LogP contribution in [0.4, 0.5) is 0 Å². The molecule has 0 aliphatic heterocycles. The third-order valence-corrected chi connectivity index (χ3v) is 2.13. The standard InChI is InChI=1S/C13H12N2O2/c1-15-9-8-12(14-15)13(16)7-3-2-5-11-6-4-10-17-11/h2-10H,1H3/b5-2+,7-3+. The highest BCUT2D eigenvalue weighted by molar-refractivity contribution is 6.03. The van der Waals surface area contributed by atoms with Gasteiger partial charge in [0.2, 0.25) is 5.78 Å². The van der Waals surface area contributed by atoms with Crippen LogP contribution in [0.25, 0.3) is 6.08 Å². The third-order valence-electron chi connectivity index (χ3n) is 2.13. The maximum atomic E-state index is 11.6. The first-order valence-electron chi connectivity index (χ1n) is 5.18. The lowest BCUT2D eigenvalue weighted by molar-refractivity contribution is 0.104. The monoisotopic (exact) mass is 228 g/mol. The van der Waals surface area contributed by atoms with Crippen molar-refractivity contribution in [1.29, 1.82) is 0 Å². The van der Waals surface area contributed by atoms with E-state index in [-0.39, 0.29) is 5.78 Å². The Labute approximate surface area is 98.9 Å². The Morgan fingerprint density at radius 1 is 1.41 bits per heavy atom. The molecule has 0 atom stereocenters. The van der Waals surface area contributed by atoms with E-state index in [4.69, 9.17) is 4.42 Å². The first kappa shape index (κ1) is 11.1. The summed E-state index contributed by atoms with van der Waals surface area (Å²) in [5, 5.41) is 4.01. The highest BCUT2D eigenvalue weighted by Gasteiger charge is 2.03.